The molecule has 4 nitrogen and oxygen atoms in total. The van der Waals surface area contributed by atoms with E-state index in [9.17, 15) is 4.79 Å². The van der Waals surface area contributed by atoms with Gasteiger partial charge in [-0.15, -0.1) is 6.58 Å². The number of nitrogens with zero attached hydrogens (tertiary/aromatic N) is 1. The summed E-state index contributed by atoms with van der Waals surface area (Å²) in [5, 5.41) is 9.89. The van der Waals surface area contributed by atoms with Crippen molar-refractivity contribution in [3.63, 3.8) is 0 Å². The molecule has 0 atom stereocenters. The molecule has 0 heterocycles. The number of allylic oxidation sites excluding steroid dienone is 3. The highest BCUT2D eigenvalue weighted by Gasteiger charge is 2.09. The number of benzene rings is 1. The van der Waals surface area contributed by atoms with Crippen LogP contribution in [0.5, 0.6) is 0 Å². The van der Waals surface area contributed by atoms with Crippen molar-refractivity contribution in [1.29, 1.82) is 0 Å². The Morgan fingerprint density at radius 3 is 2.18 bits per heavy atom. The molecule has 0 spiro atoms. The molecule has 0 bridgehead atoms. The molecule has 0 amide bonds. The predicted molar refractivity (Wildman–Crippen MR) is 144 cm³/mol. The van der Waals surface area contributed by atoms with E-state index in [1.807, 2.05) is 50.3 Å². The number of aliphatic carboxylic acids is 1. The van der Waals surface area contributed by atoms with Crippen molar-refractivity contribution < 1.29 is 14.6 Å². The van der Waals surface area contributed by atoms with Gasteiger partial charge in [-0.3, -0.25) is 0 Å². The largest absolute Gasteiger partial charge is 0.479 e. The van der Waals surface area contributed by atoms with Crippen LogP contribution < -0.4 is 0 Å². The molecule has 0 saturated heterocycles. The molecule has 0 aliphatic rings. The van der Waals surface area contributed by atoms with E-state index in [0.29, 0.717) is 6.61 Å². The Labute approximate surface area is 207 Å². The van der Waals surface area contributed by atoms with Crippen LogP contribution in [0.1, 0.15) is 66.2 Å². The van der Waals surface area contributed by atoms with E-state index in [1.54, 1.807) is 12.2 Å². The SMILES string of the molecule is C=CCCCCN(CC)/C(=C\C=C(/C=C)C(=O)O)OCCCCC.CC.Clc1ccccc1. The lowest BCUT2D eigenvalue weighted by atomic mass is 10.2. The van der Waals surface area contributed by atoms with Crippen LogP contribution in [0.15, 0.2) is 79.2 Å². The van der Waals surface area contributed by atoms with E-state index >= 15 is 0 Å². The van der Waals surface area contributed by atoms with Crippen molar-refractivity contribution in [2.45, 2.75) is 66.2 Å². The highest BCUT2D eigenvalue weighted by atomic mass is 35.5. The van der Waals surface area contributed by atoms with Crippen LogP contribution in [0.25, 0.3) is 0 Å². The zero-order valence-electron chi connectivity index (χ0n) is 21.1. The summed E-state index contributed by atoms with van der Waals surface area (Å²) in [4.78, 5) is 13.2. The number of rotatable bonds is 15. The zero-order valence-corrected chi connectivity index (χ0v) is 21.8. The van der Waals surface area contributed by atoms with Gasteiger partial charge in [0.15, 0.2) is 5.88 Å². The maximum atomic E-state index is 11.1. The van der Waals surface area contributed by atoms with E-state index in [-0.39, 0.29) is 5.57 Å². The molecule has 33 heavy (non-hydrogen) atoms. The molecule has 0 saturated carbocycles. The molecule has 0 aromatic heterocycles. The van der Waals surface area contributed by atoms with Crippen molar-refractivity contribution in [2.75, 3.05) is 19.7 Å². The lowest BCUT2D eigenvalue weighted by molar-refractivity contribution is -0.132. The molecular formula is C28H44ClNO3. The number of ether oxygens (including phenoxy) is 1. The van der Waals surface area contributed by atoms with Gasteiger partial charge in [-0.25, -0.2) is 4.79 Å². The Balaban J connectivity index is 0. The molecular weight excluding hydrogens is 434 g/mol. The van der Waals surface area contributed by atoms with Crippen molar-refractivity contribution in [3.8, 4) is 0 Å². The Bertz CT molecular complexity index is 684. The van der Waals surface area contributed by atoms with Crippen LogP contribution in [-0.4, -0.2) is 35.7 Å². The minimum atomic E-state index is -0.986. The number of carboxylic acids is 1. The van der Waals surface area contributed by atoms with E-state index in [2.05, 4.69) is 31.9 Å². The molecule has 1 rings (SSSR count). The third-order valence-electron chi connectivity index (χ3n) is 4.38. The van der Waals surface area contributed by atoms with Crippen LogP contribution in [0.2, 0.25) is 5.02 Å². The standard InChI is InChI=1S/C20H33NO3.C6H5Cl.C2H6/c1-5-9-11-12-16-21(8-4)19(24-17-13-10-6-2)15-14-18(7-3)20(22)23;7-6-4-2-1-3-5-6;1-2/h5,7,14-15H,1,3,6,8-13,16-17H2,2,4H3,(H,22,23);1-5H;1-2H3/b18-14+,19-15+;;. The van der Waals surface area contributed by atoms with Gasteiger partial charge in [0, 0.05) is 18.1 Å². The molecule has 186 valence electrons. The third-order valence-corrected chi connectivity index (χ3v) is 4.63. The lowest BCUT2D eigenvalue weighted by Crippen LogP contribution is -2.26. The van der Waals surface area contributed by atoms with E-state index < -0.39 is 5.97 Å². The number of carbonyl (C=O) groups is 1. The first-order valence-corrected chi connectivity index (χ1v) is 12.3. The summed E-state index contributed by atoms with van der Waals surface area (Å²) in [6, 6.07) is 9.44. The second-order valence-electron chi connectivity index (χ2n) is 6.85. The van der Waals surface area contributed by atoms with Crippen LogP contribution >= 0.6 is 11.6 Å². The lowest BCUT2D eigenvalue weighted by Gasteiger charge is -2.26. The molecule has 1 N–H and O–H groups in total. The summed E-state index contributed by atoms with van der Waals surface area (Å²) in [6.07, 6.45) is 13.0. The average Bonchev–Trinajstić information content (AvgIpc) is 2.83. The first-order valence-electron chi connectivity index (χ1n) is 12.0. The van der Waals surface area contributed by atoms with Gasteiger partial charge in [-0.1, -0.05) is 82.1 Å². The Hall–Kier alpha value is -2.46. The van der Waals surface area contributed by atoms with Gasteiger partial charge in [-0.2, -0.15) is 0 Å². The minimum Gasteiger partial charge on any atom is -0.479 e. The number of carboxylic acid groups (broad SMARTS) is 1. The van der Waals surface area contributed by atoms with Gasteiger partial charge in [0.2, 0.25) is 0 Å². The van der Waals surface area contributed by atoms with Crippen LogP contribution in [0, 0.1) is 0 Å². The fourth-order valence-corrected chi connectivity index (χ4v) is 2.74. The maximum absolute atomic E-state index is 11.1. The van der Waals surface area contributed by atoms with Crippen molar-refractivity contribution >= 4 is 17.6 Å². The monoisotopic (exact) mass is 477 g/mol. The molecule has 0 aliphatic heterocycles. The number of hydrogen-bond donors (Lipinski definition) is 1. The minimum absolute atomic E-state index is 0.160. The average molecular weight is 478 g/mol. The molecule has 0 radical (unpaired) electrons. The third kappa shape index (κ3) is 18.8. The van der Waals surface area contributed by atoms with Gasteiger partial charge in [0.1, 0.15) is 0 Å². The molecule has 0 fully saturated rings. The highest BCUT2D eigenvalue weighted by Crippen LogP contribution is 2.12. The second-order valence-corrected chi connectivity index (χ2v) is 7.29. The number of unbranched alkanes of at least 4 members (excludes halogenated alkanes) is 4. The van der Waals surface area contributed by atoms with Gasteiger partial charge in [0.25, 0.3) is 0 Å². The van der Waals surface area contributed by atoms with Crippen molar-refractivity contribution in [1.82, 2.24) is 4.90 Å². The molecule has 1 aromatic rings. The van der Waals surface area contributed by atoms with Crippen molar-refractivity contribution in [2.24, 2.45) is 0 Å². The quantitative estimate of drug-likeness (QED) is 0.0907. The fraction of sp³-hybridized carbons (Fsp3) is 0.464. The fourth-order valence-electron chi connectivity index (χ4n) is 2.59. The van der Waals surface area contributed by atoms with Crippen molar-refractivity contribution in [3.05, 3.63) is 84.3 Å². The summed E-state index contributed by atoms with van der Waals surface area (Å²) < 4.78 is 5.92. The van der Waals surface area contributed by atoms with E-state index in [1.165, 1.54) is 6.08 Å². The zero-order chi connectivity index (χ0) is 25.3. The summed E-state index contributed by atoms with van der Waals surface area (Å²) in [5.74, 6) is -0.256. The Kier molecular flexibility index (Phi) is 24.0. The number of halogens is 1. The Morgan fingerprint density at radius 2 is 1.73 bits per heavy atom. The highest BCUT2D eigenvalue weighted by molar-refractivity contribution is 6.30. The Morgan fingerprint density at radius 1 is 1.06 bits per heavy atom. The summed E-state index contributed by atoms with van der Waals surface area (Å²) in [7, 11) is 0. The second kappa shape index (κ2) is 24.2. The van der Waals surface area contributed by atoms with Crippen LogP contribution in [0.4, 0.5) is 0 Å². The van der Waals surface area contributed by atoms with Crippen LogP contribution in [0.3, 0.4) is 0 Å². The van der Waals surface area contributed by atoms with Crippen LogP contribution in [-0.2, 0) is 9.53 Å². The van der Waals surface area contributed by atoms with Gasteiger partial charge in [0.05, 0.1) is 12.2 Å². The number of hydrogen-bond acceptors (Lipinski definition) is 3. The van der Waals surface area contributed by atoms with E-state index in [4.69, 9.17) is 21.4 Å². The first kappa shape index (κ1) is 32.7. The molecule has 1 aromatic carbocycles. The van der Waals surface area contributed by atoms with Gasteiger partial charge in [-0.05, 0) is 56.9 Å². The van der Waals surface area contributed by atoms with E-state index in [0.717, 1.165) is 62.5 Å². The maximum Gasteiger partial charge on any atom is 0.335 e. The molecule has 0 unspecified atom stereocenters. The topological polar surface area (TPSA) is 49.8 Å². The predicted octanol–water partition coefficient (Wildman–Crippen LogP) is 8.28. The van der Waals surface area contributed by atoms with Gasteiger partial charge < -0.3 is 14.7 Å². The normalized spacial score (nSPS) is 10.7. The molecule has 5 heteroatoms. The molecule has 0 aliphatic carbocycles. The smallest absolute Gasteiger partial charge is 0.335 e. The van der Waals surface area contributed by atoms with Gasteiger partial charge >= 0.3 is 5.97 Å². The summed E-state index contributed by atoms with van der Waals surface area (Å²) in [5.41, 5.74) is 0.160. The summed E-state index contributed by atoms with van der Waals surface area (Å²) >= 11 is 5.54. The first-order chi connectivity index (χ1) is 16.0. The summed E-state index contributed by atoms with van der Waals surface area (Å²) in [6.45, 7) is 17.9.